The predicted octanol–water partition coefficient (Wildman–Crippen LogP) is 1.52. The van der Waals surface area contributed by atoms with Gasteiger partial charge in [0, 0.05) is 13.1 Å². The maximum Gasteiger partial charge on any atom is 0.234 e. The van der Waals surface area contributed by atoms with Gasteiger partial charge >= 0.3 is 0 Å². The molecule has 2 aliphatic rings. The average molecular weight is 304 g/mol. The standard InChI is InChI=1S/C17H24N2O3/c1-21-14-5-6-15-13(11-14)3-2-4-16(15)18-17(20)12-19-7-9-22-10-8-19/h5-6,11,16H,2-4,7-10,12H2,1H3,(H,18,20)/t16-/m0/s1. The highest BCUT2D eigenvalue weighted by atomic mass is 16.5. The average Bonchev–Trinajstić information content (AvgIpc) is 2.55. The molecule has 0 aromatic heterocycles. The largest absolute Gasteiger partial charge is 0.497 e. The maximum absolute atomic E-state index is 12.3. The van der Waals surface area contributed by atoms with E-state index in [-0.39, 0.29) is 11.9 Å². The Balaban J connectivity index is 1.62. The summed E-state index contributed by atoms with van der Waals surface area (Å²) in [5.41, 5.74) is 2.53. The second-order valence-corrected chi connectivity index (χ2v) is 5.97. The summed E-state index contributed by atoms with van der Waals surface area (Å²) in [6.45, 7) is 3.59. The third kappa shape index (κ3) is 3.59. The van der Waals surface area contributed by atoms with Gasteiger partial charge in [-0.2, -0.15) is 0 Å². The summed E-state index contributed by atoms with van der Waals surface area (Å²) in [6, 6.07) is 6.29. The molecule has 1 N–H and O–H groups in total. The summed E-state index contributed by atoms with van der Waals surface area (Å²) in [7, 11) is 1.69. The molecule has 1 heterocycles. The van der Waals surface area contributed by atoms with Gasteiger partial charge in [-0.15, -0.1) is 0 Å². The number of nitrogens with one attached hydrogen (secondary N) is 1. The van der Waals surface area contributed by atoms with Crippen LogP contribution in [0.2, 0.25) is 0 Å². The third-order valence-electron chi connectivity index (χ3n) is 4.47. The van der Waals surface area contributed by atoms with Gasteiger partial charge in [0.25, 0.3) is 0 Å². The lowest BCUT2D eigenvalue weighted by atomic mass is 9.87. The van der Waals surface area contributed by atoms with Gasteiger partial charge in [-0.25, -0.2) is 0 Å². The van der Waals surface area contributed by atoms with E-state index >= 15 is 0 Å². The van der Waals surface area contributed by atoms with Crippen molar-refractivity contribution in [2.75, 3.05) is 40.0 Å². The highest BCUT2D eigenvalue weighted by molar-refractivity contribution is 5.78. The molecule has 0 saturated carbocycles. The van der Waals surface area contributed by atoms with Crippen LogP contribution in [0.25, 0.3) is 0 Å². The van der Waals surface area contributed by atoms with Gasteiger partial charge in [-0.3, -0.25) is 9.69 Å². The van der Waals surface area contributed by atoms with E-state index in [2.05, 4.69) is 22.3 Å². The van der Waals surface area contributed by atoms with Crippen LogP contribution in [0.1, 0.15) is 30.0 Å². The van der Waals surface area contributed by atoms with Gasteiger partial charge in [0.05, 0.1) is 32.9 Å². The van der Waals surface area contributed by atoms with Crippen molar-refractivity contribution in [3.63, 3.8) is 0 Å². The van der Waals surface area contributed by atoms with E-state index in [9.17, 15) is 4.79 Å². The summed E-state index contributed by atoms with van der Waals surface area (Å²) >= 11 is 0. The van der Waals surface area contributed by atoms with Crippen LogP contribution in [0.4, 0.5) is 0 Å². The number of rotatable bonds is 4. The Kier molecular flexibility index (Phi) is 4.95. The lowest BCUT2D eigenvalue weighted by Crippen LogP contribution is -2.44. The summed E-state index contributed by atoms with van der Waals surface area (Å²) < 4.78 is 10.6. The highest BCUT2D eigenvalue weighted by Crippen LogP contribution is 2.32. The zero-order valence-corrected chi connectivity index (χ0v) is 13.1. The Morgan fingerprint density at radius 2 is 2.23 bits per heavy atom. The zero-order chi connectivity index (χ0) is 15.4. The van der Waals surface area contributed by atoms with Crippen molar-refractivity contribution in [1.82, 2.24) is 10.2 Å². The second-order valence-electron chi connectivity index (χ2n) is 5.97. The SMILES string of the molecule is COc1ccc2c(c1)CCC[C@@H]2NC(=O)CN1CCOCC1. The monoisotopic (exact) mass is 304 g/mol. The van der Waals surface area contributed by atoms with Crippen LogP contribution in [-0.2, 0) is 16.0 Å². The number of carbonyl (C=O) groups excluding carboxylic acids is 1. The molecule has 120 valence electrons. The number of hydrogen-bond acceptors (Lipinski definition) is 4. The molecule has 0 unspecified atom stereocenters. The first-order valence-corrected chi connectivity index (χ1v) is 8.02. The van der Waals surface area contributed by atoms with Crippen molar-refractivity contribution >= 4 is 5.91 Å². The molecule has 1 aliphatic carbocycles. The number of carbonyl (C=O) groups is 1. The lowest BCUT2D eigenvalue weighted by molar-refractivity contribution is -0.124. The number of methoxy groups -OCH3 is 1. The number of benzene rings is 1. The molecule has 1 atom stereocenters. The van der Waals surface area contributed by atoms with Crippen LogP contribution < -0.4 is 10.1 Å². The van der Waals surface area contributed by atoms with Crippen molar-refractivity contribution in [1.29, 1.82) is 0 Å². The molecule has 0 spiro atoms. The van der Waals surface area contributed by atoms with E-state index in [0.717, 1.165) is 51.3 Å². The molecular weight excluding hydrogens is 280 g/mol. The fourth-order valence-corrected chi connectivity index (χ4v) is 3.27. The van der Waals surface area contributed by atoms with Gasteiger partial charge in [-0.1, -0.05) is 6.07 Å². The van der Waals surface area contributed by atoms with Gasteiger partial charge in [0.1, 0.15) is 5.75 Å². The van der Waals surface area contributed by atoms with Gasteiger partial charge < -0.3 is 14.8 Å². The van der Waals surface area contributed by atoms with Crippen molar-refractivity contribution in [2.45, 2.75) is 25.3 Å². The molecule has 0 radical (unpaired) electrons. The summed E-state index contributed by atoms with van der Waals surface area (Å²) in [5, 5.41) is 3.20. The molecule has 1 amide bonds. The van der Waals surface area contributed by atoms with Crippen molar-refractivity contribution in [3.8, 4) is 5.75 Å². The van der Waals surface area contributed by atoms with Crippen molar-refractivity contribution in [2.24, 2.45) is 0 Å². The Morgan fingerprint density at radius 3 is 3.00 bits per heavy atom. The lowest BCUT2D eigenvalue weighted by Gasteiger charge is -2.29. The molecule has 1 aromatic carbocycles. The number of aryl methyl sites for hydroxylation is 1. The number of fused-ring (bicyclic) bond motifs is 1. The van der Waals surface area contributed by atoms with Crippen LogP contribution in [0.5, 0.6) is 5.75 Å². The molecule has 5 heteroatoms. The zero-order valence-electron chi connectivity index (χ0n) is 13.1. The molecule has 0 bridgehead atoms. The fourth-order valence-electron chi connectivity index (χ4n) is 3.27. The molecule has 1 aromatic rings. The minimum absolute atomic E-state index is 0.107. The molecule has 1 saturated heterocycles. The smallest absolute Gasteiger partial charge is 0.234 e. The Hall–Kier alpha value is -1.59. The van der Waals surface area contributed by atoms with Gasteiger partial charge in [0.15, 0.2) is 0 Å². The third-order valence-corrected chi connectivity index (χ3v) is 4.47. The van der Waals surface area contributed by atoms with E-state index in [1.807, 2.05) is 6.07 Å². The van der Waals surface area contributed by atoms with E-state index in [1.165, 1.54) is 11.1 Å². The first-order valence-electron chi connectivity index (χ1n) is 8.02. The van der Waals surface area contributed by atoms with Crippen LogP contribution in [0.15, 0.2) is 18.2 Å². The van der Waals surface area contributed by atoms with E-state index in [4.69, 9.17) is 9.47 Å². The number of morpholine rings is 1. The van der Waals surface area contributed by atoms with Crippen molar-refractivity contribution < 1.29 is 14.3 Å². The predicted molar refractivity (Wildman–Crippen MR) is 84.1 cm³/mol. The topological polar surface area (TPSA) is 50.8 Å². The fraction of sp³-hybridized carbons (Fsp3) is 0.588. The number of amides is 1. The minimum atomic E-state index is 0.107. The molecule has 1 fully saturated rings. The minimum Gasteiger partial charge on any atom is -0.497 e. The highest BCUT2D eigenvalue weighted by Gasteiger charge is 2.23. The van der Waals surface area contributed by atoms with Crippen LogP contribution in [0, 0.1) is 0 Å². The van der Waals surface area contributed by atoms with Crippen molar-refractivity contribution in [3.05, 3.63) is 29.3 Å². The van der Waals surface area contributed by atoms with E-state index in [1.54, 1.807) is 7.11 Å². The quantitative estimate of drug-likeness (QED) is 0.916. The summed E-state index contributed by atoms with van der Waals surface area (Å²) in [4.78, 5) is 14.4. The molecular formula is C17H24N2O3. The van der Waals surface area contributed by atoms with Gasteiger partial charge in [0.2, 0.25) is 5.91 Å². The van der Waals surface area contributed by atoms with Crippen LogP contribution >= 0.6 is 0 Å². The Morgan fingerprint density at radius 1 is 1.41 bits per heavy atom. The summed E-state index contributed by atoms with van der Waals surface area (Å²) in [5.74, 6) is 0.995. The van der Waals surface area contributed by atoms with E-state index in [0.29, 0.717) is 6.54 Å². The first-order chi connectivity index (χ1) is 10.8. The Labute approximate surface area is 131 Å². The molecule has 3 rings (SSSR count). The number of nitrogens with zero attached hydrogens (tertiary/aromatic N) is 1. The van der Waals surface area contributed by atoms with Gasteiger partial charge in [-0.05, 0) is 42.5 Å². The second kappa shape index (κ2) is 7.11. The Bertz CT molecular complexity index is 527. The molecule has 22 heavy (non-hydrogen) atoms. The maximum atomic E-state index is 12.3. The molecule has 1 aliphatic heterocycles. The molecule has 5 nitrogen and oxygen atoms in total. The number of hydrogen-bond donors (Lipinski definition) is 1. The normalized spacial score (nSPS) is 22.0. The summed E-state index contributed by atoms with van der Waals surface area (Å²) in [6.07, 6.45) is 3.17. The first kappa shape index (κ1) is 15.3. The van der Waals surface area contributed by atoms with Crippen LogP contribution in [0.3, 0.4) is 0 Å². The van der Waals surface area contributed by atoms with Crippen LogP contribution in [-0.4, -0.2) is 50.8 Å². The van der Waals surface area contributed by atoms with E-state index < -0.39 is 0 Å². The number of ether oxygens (including phenoxy) is 2.